The second kappa shape index (κ2) is 9.01. The van der Waals surface area contributed by atoms with Crippen molar-refractivity contribution in [2.75, 3.05) is 0 Å². The predicted molar refractivity (Wildman–Crippen MR) is 155 cm³/mol. The van der Waals surface area contributed by atoms with E-state index in [-0.39, 0.29) is 22.0 Å². The molecule has 0 spiro atoms. The van der Waals surface area contributed by atoms with E-state index >= 15 is 0 Å². The first-order valence-corrected chi connectivity index (χ1v) is 19.3. The fourth-order valence-electron chi connectivity index (χ4n) is 5.22. The summed E-state index contributed by atoms with van der Waals surface area (Å²) in [5.74, 6) is 0.0897. The zero-order valence-electron chi connectivity index (χ0n) is 25.1. The Balaban J connectivity index is 2.29. The van der Waals surface area contributed by atoms with Gasteiger partial charge in [-0.15, -0.1) is 0 Å². The van der Waals surface area contributed by atoms with Crippen molar-refractivity contribution >= 4 is 22.4 Å². The summed E-state index contributed by atoms with van der Waals surface area (Å²) >= 11 is 0. The first kappa shape index (κ1) is 29.5. The van der Waals surface area contributed by atoms with Gasteiger partial charge in [0.1, 0.15) is 11.7 Å². The van der Waals surface area contributed by atoms with Gasteiger partial charge in [-0.1, -0.05) is 85.2 Å². The Bertz CT molecular complexity index is 1060. The third-order valence-corrected chi connectivity index (χ3v) is 19.0. The third kappa shape index (κ3) is 4.77. The highest BCUT2D eigenvalue weighted by atomic mass is 28.4. The smallest absolute Gasteiger partial charge is 0.193 e. The van der Waals surface area contributed by atoms with Gasteiger partial charge in [-0.25, -0.2) is 0 Å². The van der Waals surface area contributed by atoms with Gasteiger partial charge in [0.2, 0.25) is 0 Å². The van der Waals surface area contributed by atoms with Crippen LogP contribution in [0.3, 0.4) is 0 Å². The fraction of sp³-hybridized carbons (Fsp3) is 0.700. The van der Waals surface area contributed by atoms with Crippen LogP contribution in [-0.2, 0) is 8.85 Å². The second-order valence-electron chi connectivity index (χ2n) is 14.7. The van der Waals surface area contributed by atoms with E-state index < -0.39 is 33.8 Å². The number of Topliss-reactive ketones (excluding diaryl/α,β-unsaturated/α-hetero) is 1. The van der Waals surface area contributed by atoms with E-state index in [1.807, 2.05) is 24.3 Å². The summed E-state index contributed by atoms with van der Waals surface area (Å²) in [5, 5.41) is 12.9. The highest BCUT2D eigenvalue weighted by Gasteiger charge is 2.60. The number of hydrogen-bond donors (Lipinski definition) is 1. The highest BCUT2D eigenvalue weighted by molar-refractivity contribution is 6.74. The Morgan fingerprint density at radius 1 is 0.917 bits per heavy atom. The van der Waals surface area contributed by atoms with Crippen LogP contribution in [0.15, 0.2) is 35.4 Å². The Hall–Kier alpha value is -1.06. The molecule has 0 radical (unpaired) electrons. The van der Waals surface area contributed by atoms with E-state index in [1.54, 1.807) is 0 Å². The Labute approximate surface area is 222 Å². The summed E-state index contributed by atoms with van der Waals surface area (Å²) in [7, 11) is -4.46. The molecule has 0 amide bonds. The van der Waals surface area contributed by atoms with Crippen LogP contribution in [0.25, 0.3) is 0 Å². The van der Waals surface area contributed by atoms with Crippen LogP contribution >= 0.6 is 0 Å². The molecule has 0 unspecified atom stereocenters. The molecule has 4 nitrogen and oxygen atoms in total. The van der Waals surface area contributed by atoms with E-state index in [1.165, 1.54) is 0 Å². The SMILES string of the molecule is CC1=C2CC(=O)c3ccccc3[C@H](O[Si](C)(C)C(C)(C)C)[C@](O)(C[C@@H]1O[Si](C)(C)C(C)(C)C)C2(C)C. The summed E-state index contributed by atoms with van der Waals surface area (Å²) in [5.41, 5.74) is 1.70. The summed E-state index contributed by atoms with van der Waals surface area (Å²) in [6, 6.07) is 7.76. The average molecular weight is 531 g/mol. The zero-order valence-corrected chi connectivity index (χ0v) is 27.1. The maximum absolute atomic E-state index is 13.8. The lowest BCUT2D eigenvalue weighted by atomic mass is 9.56. The first-order chi connectivity index (χ1) is 16.1. The van der Waals surface area contributed by atoms with Gasteiger partial charge in [-0.3, -0.25) is 4.79 Å². The van der Waals surface area contributed by atoms with Crippen LogP contribution in [0.4, 0.5) is 0 Å². The topological polar surface area (TPSA) is 55.8 Å². The number of carbonyl (C=O) groups excluding carboxylic acids is 1. The summed E-state index contributed by atoms with van der Waals surface area (Å²) in [4.78, 5) is 13.8. The molecule has 2 aliphatic rings. The average Bonchev–Trinajstić information content (AvgIpc) is 2.71. The maximum atomic E-state index is 13.8. The van der Waals surface area contributed by atoms with Gasteiger partial charge >= 0.3 is 0 Å². The third-order valence-electron chi connectivity index (χ3n) is 10.1. The van der Waals surface area contributed by atoms with Crippen LogP contribution in [-0.4, -0.2) is 39.2 Å². The van der Waals surface area contributed by atoms with Crippen molar-refractivity contribution in [1.29, 1.82) is 0 Å². The quantitative estimate of drug-likeness (QED) is 0.315. The Kier molecular flexibility index (Phi) is 7.38. The number of carbonyl (C=O) groups is 1. The molecule has 1 N–H and O–H groups in total. The largest absolute Gasteiger partial charge is 0.410 e. The second-order valence-corrected chi connectivity index (χ2v) is 24.2. The molecule has 3 rings (SSSR count). The lowest BCUT2D eigenvalue weighted by Gasteiger charge is -2.57. The minimum absolute atomic E-state index is 0.0368. The predicted octanol–water partition coefficient (Wildman–Crippen LogP) is 8.20. The number of fused-ring (bicyclic) bond motifs is 3. The van der Waals surface area contributed by atoms with Gasteiger partial charge in [-0.2, -0.15) is 0 Å². The first-order valence-electron chi connectivity index (χ1n) is 13.5. The van der Waals surface area contributed by atoms with Crippen LogP contribution in [0.1, 0.15) is 97.2 Å². The van der Waals surface area contributed by atoms with E-state index in [9.17, 15) is 9.90 Å². The molecule has 0 fully saturated rings. The number of ketones is 1. The van der Waals surface area contributed by atoms with Gasteiger partial charge in [-0.05, 0) is 54.3 Å². The van der Waals surface area contributed by atoms with Crippen molar-refractivity contribution in [3.05, 3.63) is 46.5 Å². The minimum Gasteiger partial charge on any atom is -0.410 e. The molecule has 0 aliphatic heterocycles. The molecular formula is C30H50O4Si2. The minimum atomic E-state index is -2.32. The van der Waals surface area contributed by atoms with Crippen molar-refractivity contribution in [2.24, 2.45) is 5.41 Å². The van der Waals surface area contributed by atoms with Crippen molar-refractivity contribution in [3.8, 4) is 0 Å². The zero-order chi connectivity index (χ0) is 27.7. The molecule has 0 saturated carbocycles. The lowest BCUT2D eigenvalue weighted by Crippen LogP contribution is -2.61. The molecule has 3 atom stereocenters. The number of hydrogen-bond acceptors (Lipinski definition) is 4. The fourth-order valence-corrected chi connectivity index (χ4v) is 7.81. The van der Waals surface area contributed by atoms with Crippen LogP contribution in [0, 0.1) is 5.41 Å². The van der Waals surface area contributed by atoms with Crippen molar-refractivity contribution < 1.29 is 18.8 Å². The van der Waals surface area contributed by atoms with E-state index in [0.29, 0.717) is 18.4 Å². The Morgan fingerprint density at radius 3 is 1.94 bits per heavy atom. The monoisotopic (exact) mass is 530 g/mol. The van der Waals surface area contributed by atoms with Gasteiger partial charge in [0, 0.05) is 23.8 Å². The molecule has 36 heavy (non-hydrogen) atoms. The molecule has 1 aromatic rings. The van der Waals surface area contributed by atoms with E-state index in [2.05, 4.69) is 88.5 Å². The summed E-state index contributed by atoms with van der Waals surface area (Å²) in [6.45, 7) is 28.6. The standard InChI is InChI=1S/C30H50O4Si2/c1-20-23-18-24(31)21-16-14-15-17-22(21)26(34-36(12,13)28(5,6)7)30(32,29(23,8)9)19-25(20)33-35(10,11)27(2,3)4/h14-17,25-26,32H,18-19H2,1-13H3/t25-,26-,30+/m0/s1. The number of benzene rings is 1. The molecule has 0 heterocycles. The molecule has 2 aliphatic carbocycles. The molecule has 0 aromatic heterocycles. The van der Waals surface area contributed by atoms with E-state index in [4.69, 9.17) is 8.85 Å². The molecule has 202 valence electrons. The lowest BCUT2D eigenvalue weighted by molar-refractivity contribution is -0.156. The van der Waals surface area contributed by atoms with Crippen LogP contribution in [0.5, 0.6) is 0 Å². The maximum Gasteiger partial charge on any atom is 0.193 e. The number of aliphatic hydroxyl groups is 1. The van der Waals surface area contributed by atoms with Crippen molar-refractivity contribution in [3.63, 3.8) is 0 Å². The summed E-state index contributed by atoms with van der Waals surface area (Å²) < 4.78 is 14.1. The number of rotatable bonds is 4. The molecule has 6 heteroatoms. The van der Waals surface area contributed by atoms with Gasteiger partial charge in [0.05, 0.1) is 6.10 Å². The van der Waals surface area contributed by atoms with Gasteiger partial charge in [0.15, 0.2) is 22.4 Å². The summed E-state index contributed by atoms with van der Waals surface area (Å²) in [6.07, 6.45) is -0.128. The van der Waals surface area contributed by atoms with Crippen LogP contribution in [0.2, 0.25) is 36.3 Å². The molecule has 2 bridgehead atoms. The van der Waals surface area contributed by atoms with E-state index in [0.717, 1.165) is 16.7 Å². The van der Waals surface area contributed by atoms with Gasteiger partial charge in [0.25, 0.3) is 0 Å². The Morgan fingerprint density at radius 2 is 1.42 bits per heavy atom. The van der Waals surface area contributed by atoms with Crippen LogP contribution < -0.4 is 0 Å². The normalized spacial score (nSPS) is 27.4. The van der Waals surface area contributed by atoms with Crippen molar-refractivity contribution in [2.45, 2.75) is 129 Å². The molecular weight excluding hydrogens is 480 g/mol. The molecule has 1 aromatic carbocycles. The molecule has 0 saturated heterocycles. The highest BCUT2D eigenvalue weighted by Crippen LogP contribution is 2.59. The van der Waals surface area contributed by atoms with Gasteiger partial charge < -0.3 is 14.0 Å². The van der Waals surface area contributed by atoms with Crippen molar-refractivity contribution in [1.82, 2.24) is 0 Å².